The number of rotatable bonds is 8. The zero-order valence-corrected chi connectivity index (χ0v) is 16.7. The number of ether oxygens (including phenoxy) is 2. The van der Waals surface area contributed by atoms with Gasteiger partial charge < -0.3 is 14.8 Å². The van der Waals surface area contributed by atoms with Crippen LogP contribution >= 0.6 is 0 Å². The molecule has 3 rings (SSSR count). The van der Waals surface area contributed by atoms with Crippen molar-refractivity contribution in [3.05, 3.63) is 101 Å². The van der Waals surface area contributed by atoms with E-state index in [-0.39, 0.29) is 5.91 Å². The fourth-order valence-electron chi connectivity index (χ4n) is 3.09. The third kappa shape index (κ3) is 5.56. The van der Waals surface area contributed by atoms with E-state index < -0.39 is 0 Å². The van der Waals surface area contributed by atoms with E-state index in [1.807, 2.05) is 84.9 Å². The molecular formula is C25H25NO3. The maximum Gasteiger partial charge on any atom is 0.252 e. The topological polar surface area (TPSA) is 47.6 Å². The molecule has 0 fully saturated rings. The molecular weight excluding hydrogens is 362 g/mol. The Kier molecular flexibility index (Phi) is 7.20. The number of nitrogens with one attached hydrogen (secondary N) is 1. The van der Waals surface area contributed by atoms with Crippen LogP contribution in [0.1, 0.15) is 22.3 Å². The Morgan fingerprint density at radius 2 is 1.62 bits per heavy atom. The first-order valence-electron chi connectivity index (χ1n) is 9.46. The largest absolute Gasteiger partial charge is 0.497 e. The van der Waals surface area contributed by atoms with Crippen LogP contribution < -0.4 is 10.1 Å². The summed E-state index contributed by atoms with van der Waals surface area (Å²) in [6.45, 7) is 0.942. The molecule has 0 aliphatic heterocycles. The van der Waals surface area contributed by atoms with Gasteiger partial charge in [-0.05, 0) is 40.5 Å². The lowest BCUT2D eigenvalue weighted by atomic mass is 10.0. The molecule has 0 aliphatic rings. The van der Waals surface area contributed by atoms with Gasteiger partial charge in [0.25, 0.3) is 5.91 Å². The van der Waals surface area contributed by atoms with Gasteiger partial charge >= 0.3 is 0 Å². The minimum absolute atomic E-state index is 0.133. The van der Waals surface area contributed by atoms with Crippen LogP contribution in [0.25, 0.3) is 11.6 Å². The first-order valence-corrected chi connectivity index (χ1v) is 9.46. The highest BCUT2D eigenvalue weighted by Crippen LogP contribution is 2.21. The molecule has 0 aromatic heterocycles. The molecule has 0 radical (unpaired) electrons. The number of hydrogen-bond donors (Lipinski definition) is 1. The van der Waals surface area contributed by atoms with Gasteiger partial charge in [-0.25, -0.2) is 0 Å². The third-order valence-electron chi connectivity index (χ3n) is 4.59. The Morgan fingerprint density at radius 1 is 0.897 bits per heavy atom. The van der Waals surface area contributed by atoms with E-state index in [1.54, 1.807) is 14.2 Å². The van der Waals surface area contributed by atoms with Crippen LogP contribution in [0.5, 0.6) is 5.75 Å². The number of carbonyl (C=O) groups excluding carboxylic acids is 1. The van der Waals surface area contributed by atoms with Crippen LogP contribution in [-0.2, 0) is 22.7 Å². The number of amides is 1. The fourth-order valence-corrected chi connectivity index (χ4v) is 3.09. The van der Waals surface area contributed by atoms with Crippen molar-refractivity contribution in [2.45, 2.75) is 13.2 Å². The smallest absolute Gasteiger partial charge is 0.252 e. The Bertz CT molecular complexity index is 980. The van der Waals surface area contributed by atoms with Crippen molar-refractivity contribution in [1.29, 1.82) is 0 Å². The van der Waals surface area contributed by atoms with E-state index in [1.165, 1.54) is 0 Å². The van der Waals surface area contributed by atoms with Crippen LogP contribution in [0, 0.1) is 0 Å². The van der Waals surface area contributed by atoms with Crippen molar-refractivity contribution < 1.29 is 14.3 Å². The fraction of sp³-hybridized carbons (Fsp3) is 0.160. The molecule has 4 nitrogen and oxygen atoms in total. The molecule has 0 unspecified atom stereocenters. The Balaban J connectivity index is 1.86. The van der Waals surface area contributed by atoms with Crippen LogP contribution in [-0.4, -0.2) is 20.1 Å². The lowest BCUT2D eigenvalue weighted by molar-refractivity contribution is -0.115. The van der Waals surface area contributed by atoms with Crippen LogP contribution in [0.15, 0.2) is 78.9 Å². The second-order valence-electron chi connectivity index (χ2n) is 6.59. The standard InChI is InChI=1S/C25H25NO3/c1-28-18-22-13-7-6-12-21(22)17-26-25(27)24(20-10-4-3-5-11-20)16-19-9-8-14-23(15-19)29-2/h3-16H,17-18H2,1-2H3,(H,26,27). The molecule has 3 aromatic rings. The Hall–Kier alpha value is -3.37. The van der Waals surface area contributed by atoms with Crippen LogP contribution in [0.4, 0.5) is 0 Å². The molecule has 0 saturated heterocycles. The molecule has 0 aliphatic carbocycles. The summed E-state index contributed by atoms with van der Waals surface area (Å²) < 4.78 is 10.6. The van der Waals surface area contributed by atoms with E-state index in [2.05, 4.69) is 5.32 Å². The van der Waals surface area contributed by atoms with Crippen LogP contribution in [0.3, 0.4) is 0 Å². The molecule has 4 heteroatoms. The van der Waals surface area contributed by atoms with Gasteiger partial charge in [-0.3, -0.25) is 4.79 Å². The second kappa shape index (κ2) is 10.2. The van der Waals surface area contributed by atoms with E-state index in [9.17, 15) is 4.79 Å². The van der Waals surface area contributed by atoms with Crippen molar-refractivity contribution in [3.8, 4) is 5.75 Å². The molecule has 1 amide bonds. The van der Waals surface area contributed by atoms with Gasteiger partial charge in [-0.2, -0.15) is 0 Å². The van der Waals surface area contributed by atoms with Crippen molar-refractivity contribution in [3.63, 3.8) is 0 Å². The summed E-state index contributed by atoms with van der Waals surface area (Å²) in [5.41, 5.74) is 4.46. The molecule has 29 heavy (non-hydrogen) atoms. The van der Waals surface area contributed by atoms with Crippen molar-refractivity contribution in [1.82, 2.24) is 5.32 Å². The summed E-state index contributed by atoms with van der Waals surface area (Å²) in [5.74, 6) is 0.617. The lowest BCUT2D eigenvalue weighted by Gasteiger charge is -2.13. The summed E-state index contributed by atoms with van der Waals surface area (Å²) >= 11 is 0. The average Bonchev–Trinajstić information content (AvgIpc) is 2.77. The highest BCUT2D eigenvalue weighted by Gasteiger charge is 2.13. The van der Waals surface area contributed by atoms with Gasteiger partial charge in [-0.15, -0.1) is 0 Å². The predicted molar refractivity (Wildman–Crippen MR) is 116 cm³/mol. The lowest BCUT2D eigenvalue weighted by Crippen LogP contribution is -2.24. The van der Waals surface area contributed by atoms with E-state index in [0.717, 1.165) is 28.0 Å². The molecule has 0 atom stereocenters. The molecule has 1 N–H and O–H groups in total. The predicted octanol–water partition coefficient (Wildman–Crippen LogP) is 4.70. The minimum Gasteiger partial charge on any atom is -0.497 e. The minimum atomic E-state index is -0.133. The van der Waals surface area contributed by atoms with Gasteiger partial charge in [0.1, 0.15) is 5.75 Å². The summed E-state index contributed by atoms with van der Waals surface area (Å²) in [7, 11) is 3.30. The normalized spacial score (nSPS) is 11.2. The maximum atomic E-state index is 13.1. The average molecular weight is 387 g/mol. The van der Waals surface area contributed by atoms with Crippen molar-refractivity contribution in [2.75, 3.05) is 14.2 Å². The van der Waals surface area contributed by atoms with Crippen molar-refractivity contribution in [2.24, 2.45) is 0 Å². The maximum absolute atomic E-state index is 13.1. The summed E-state index contributed by atoms with van der Waals surface area (Å²) in [6, 6.07) is 25.3. The van der Waals surface area contributed by atoms with Crippen LogP contribution in [0.2, 0.25) is 0 Å². The van der Waals surface area contributed by atoms with Gasteiger partial charge in [0, 0.05) is 19.2 Å². The van der Waals surface area contributed by atoms with Gasteiger partial charge in [0.15, 0.2) is 0 Å². The van der Waals surface area contributed by atoms with Crippen molar-refractivity contribution >= 4 is 17.6 Å². The summed E-state index contributed by atoms with van der Waals surface area (Å²) in [5, 5.41) is 3.05. The van der Waals surface area contributed by atoms with Gasteiger partial charge in [0.2, 0.25) is 0 Å². The molecule has 3 aromatic carbocycles. The zero-order valence-electron chi connectivity index (χ0n) is 16.7. The molecule has 148 valence electrons. The molecule has 0 heterocycles. The molecule has 0 spiro atoms. The molecule has 0 bridgehead atoms. The van der Waals surface area contributed by atoms with Gasteiger partial charge in [0.05, 0.1) is 13.7 Å². The highest BCUT2D eigenvalue weighted by molar-refractivity contribution is 6.24. The molecule has 0 saturated carbocycles. The Morgan fingerprint density at radius 3 is 2.34 bits per heavy atom. The second-order valence-corrected chi connectivity index (χ2v) is 6.59. The number of carbonyl (C=O) groups is 1. The highest BCUT2D eigenvalue weighted by atomic mass is 16.5. The van der Waals surface area contributed by atoms with E-state index in [0.29, 0.717) is 18.7 Å². The number of benzene rings is 3. The first-order chi connectivity index (χ1) is 14.2. The summed E-state index contributed by atoms with van der Waals surface area (Å²) in [4.78, 5) is 13.1. The Labute approximate surface area is 171 Å². The van der Waals surface area contributed by atoms with E-state index in [4.69, 9.17) is 9.47 Å². The van der Waals surface area contributed by atoms with Gasteiger partial charge in [-0.1, -0.05) is 66.7 Å². The first kappa shape index (κ1) is 20.4. The van der Waals surface area contributed by atoms with E-state index >= 15 is 0 Å². The number of hydrogen-bond acceptors (Lipinski definition) is 3. The zero-order chi connectivity index (χ0) is 20.5. The quantitative estimate of drug-likeness (QED) is 0.450. The monoisotopic (exact) mass is 387 g/mol. The third-order valence-corrected chi connectivity index (χ3v) is 4.59. The summed E-state index contributed by atoms with van der Waals surface area (Å²) in [6.07, 6.45) is 1.88. The number of methoxy groups -OCH3 is 2. The SMILES string of the molecule is COCc1ccccc1CNC(=O)C(=Cc1cccc(OC)c1)c1ccccc1.